The molecule has 0 fully saturated rings. The predicted molar refractivity (Wildman–Crippen MR) is 128 cm³/mol. The molecule has 0 aliphatic carbocycles. The summed E-state index contributed by atoms with van der Waals surface area (Å²) in [6.07, 6.45) is 3.13. The summed E-state index contributed by atoms with van der Waals surface area (Å²) in [5, 5.41) is 8.83. The van der Waals surface area contributed by atoms with Crippen molar-refractivity contribution >= 4 is 52.7 Å². The molecule has 0 saturated heterocycles. The summed E-state index contributed by atoms with van der Waals surface area (Å²) in [4.78, 5) is 28.2. The average Bonchev–Trinajstić information content (AvgIpc) is 3.27. The number of thiophene rings is 1. The van der Waals surface area contributed by atoms with Gasteiger partial charge in [-0.2, -0.15) is 5.10 Å². The standard InChI is InChI=1S/C23H21ClN4O2S/c1-28(2)17-11-9-16(10-12-17)15-25-27-23(30)21(14-18-6-5-13-31-18)26-22(29)19-7-3-4-8-20(19)24/h3-15H,1-2H3,(H,26,29)(H,27,30)/b21-14-,25-15-. The first-order chi connectivity index (χ1) is 14.9. The van der Waals surface area contributed by atoms with Crippen molar-refractivity contribution in [2.24, 2.45) is 5.10 Å². The van der Waals surface area contributed by atoms with E-state index in [0.29, 0.717) is 5.02 Å². The van der Waals surface area contributed by atoms with Crippen LogP contribution in [-0.2, 0) is 4.79 Å². The Balaban J connectivity index is 1.74. The Morgan fingerprint density at radius 2 is 1.77 bits per heavy atom. The zero-order valence-corrected chi connectivity index (χ0v) is 18.6. The van der Waals surface area contributed by atoms with Crippen molar-refractivity contribution in [3.05, 3.63) is 92.8 Å². The molecule has 0 unspecified atom stereocenters. The molecule has 1 heterocycles. The Bertz CT molecular complexity index is 1110. The second-order valence-corrected chi connectivity index (χ2v) is 8.08. The van der Waals surface area contributed by atoms with Gasteiger partial charge in [0.05, 0.1) is 16.8 Å². The SMILES string of the molecule is CN(C)c1ccc(/C=N\NC(=O)/C(=C/c2cccs2)NC(=O)c2ccccc2Cl)cc1. The average molecular weight is 453 g/mol. The third kappa shape index (κ3) is 6.28. The van der Waals surface area contributed by atoms with Crippen LogP contribution in [0.4, 0.5) is 5.69 Å². The molecular weight excluding hydrogens is 432 g/mol. The molecule has 0 atom stereocenters. The molecule has 1 aromatic heterocycles. The fraction of sp³-hybridized carbons (Fsp3) is 0.0870. The van der Waals surface area contributed by atoms with Crippen LogP contribution in [0.1, 0.15) is 20.8 Å². The largest absolute Gasteiger partial charge is 0.378 e. The summed E-state index contributed by atoms with van der Waals surface area (Å²) in [7, 11) is 3.92. The van der Waals surface area contributed by atoms with Gasteiger partial charge < -0.3 is 10.2 Å². The summed E-state index contributed by atoms with van der Waals surface area (Å²) < 4.78 is 0. The maximum Gasteiger partial charge on any atom is 0.287 e. The Hall–Kier alpha value is -3.42. The van der Waals surface area contributed by atoms with E-state index >= 15 is 0 Å². The minimum atomic E-state index is -0.546. The van der Waals surface area contributed by atoms with Gasteiger partial charge in [0.2, 0.25) is 0 Å². The highest BCUT2D eigenvalue weighted by Gasteiger charge is 2.16. The van der Waals surface area contributed by atoms with Crippen molar-refractivity contribution in [3.8, 4) is 0 Å². The number of carbonyl (C=O) groups is 2. The molecule has 0 bridgehead atoms. The number of hydrogen-bond acceptors (Lipinski definition) is 5. The van der Waals surface area contributed by atoms with Crippen molar-refractivity contribution in [2.45, 2.75) is 0 Å². The lowest BCUT2D eigenvalue weighted by molar-refractivity contribution is -0.117. The van der Waals surface area contributed by atoms with Crippen LogP contribution in [-0.4, -0.2) is 32.1 Å². The molecule has 0 spiro atoms. The summed E-state index contributed by atoms with van der Waals surface area (Å²) in [5.41, 5.74) is 4.69. The normalized spacial score (nSPS) is 11.4. The van der Waals surface area contributed by atoms with E-state index in [0.717, 1.165) is 16.1 Å². The van der Waals surface area contributed by atoms with Crippen molar-refractivity contribution in [1.29, 1.82) is 0 Å². The molecular formula is C23H21ClN4O2S. The van der Waals surface area contributed by atoms with Crippen molar-refractivity contribution in [1.82, 2.24) is 10.7 Å². The number of hydrazone groups is 1. The molecule has 0 aliphatic rings. The van der Waals surface area contributed by atoms with E-state index in [1.807, 2.05) is 60.8 Å². The molecule has 0 radical (unpaired) electrons. The van der Waals surface area contributed by atoms with Gasteiger partial charge in [-0.1, -0.05) is 41.9 Å². The second-order valence-electron chi connectivity index (χ2n) is 6.69. The predicted octanol–water partition coefficient (Wildman–Crippen LogP) is 4.39. The lowest BCUT2D eigenvalue weighted by atomic mass is 10.2. The minimum absolute atomic E-state index is 0.0625. The topological polar surface area (TPSA) is 73.8 Å². The summed E-state index contributed by atoms with van der Waals surface area (Å²) >= 11 is 7.54. The van der Waals surface area contributed by atoms with Crippen molar-refractivity contribution in [2.75, 3.05) is 19.0 Å². The first-order valence-corrected chi connectivity index (χ1v) is 10.6. The Kier molecular flexibility index (Phi) is 7.59. The molecule has 158 valence electrons. The Morgan fingerprint density at radius 1 is 1.03 bits per heavy atom. The van der Waals surface area contributed by atoms with Crippen LogP contribution in [0.2, 0.25) is 5.02 Å². The van der Waals surface area contributed by atoms with Crippen LogP contribution in [0.5, 0.6) is 0 Å². The number of hydrogen-bond donors (Lipinski definition) is 2. The van der Waals surface area contributed by atoms with Crippen LogP contribution in [0, 0.1) is 0 Å². The monoisotopic (exact) mass is 452 g/mol. The molecule has 2 N–H and O–H groups in total. The first-order valence-electron chi connectivity index (χ1n) is 9.36. The lowest BCUT2D eigenvalue weighted by Gasteiger charge is -2.11. The van der Waals surface area contributed by atoms with Gasteiger partial charge in [-0.3, -0.25) is 9.59 Å². The molecule has 2 amide bonds. The maximum absolute atomic E-state index is 12.7. The van der Waals surface area contributed by atoms with Crippen LogP contribution in [0.15, 0.2) is 76.8 Å². The van der Waals surface area contributed by atoms with E-state index in [-0.39, 0.29) is 11.3 Å². The van der Waals surface area contributed by atoms with Gasteiger partial charge in [0, 0.05) is 24.7 Å². The Morgan fingerprint density at radius 3 is 2.42 bits per heavy atom. The van der Waals surface area contributed by atoms with Gasteiger partial charge in [-0.05, 0) is 47.4 Å². The smallest absolute Gasteiger partial charge is 0.287 e. The number of benzene rings is 2. The number of nitrogens with zero attached hydrogens (tertiary/aromatic N) is 2. The molecule has 0 saturated carbocycles. The third-order valence-corrected chi connectivity index (χ3v) is 5.38. The molecule has 6 nitrogen and oxygen atoms in total. The van der Waals surface area contributed by atoms with E-state index in [1.165, 1.54) is 17.6 Å². The van der Waals surface area contributed by atoms with Gasteiger partial charge in [-0.25, -0.2) is 5.43 Å². The van der Waals surface area contributed by atoms with E-state index in [9.17, 15) is 9.59 Å². The number of amides is 2. The first kappa shape index (κ1) is 22.3. The van der Waals surface area contributed by atoms with E-state index in [4.69, 9.17) is 11.6 Å². The molecule has 2 aromatic carbocycles. The molecule has 3 rings (SSSR count). The van der Waals surface area contributed by atoms with E-state index in [1.54, 1.807) is 30.3 Å². The van der Waals surface area contributed by atoms with Gasteiger partial charge >= 0.3 is 0 Å². The van der Waals surface area contributed by atoms with Gasteiger partial charge in [-0.15, -0.1) is 11.3 Å². The fourth-order valence-electron chi connectivity index (χ4n) is 2.59. The number of carbonyl (C=O) groups excluding carboxylic acids is 2. The summed E-state index contributed by atoms with van der Waals surface area (Å²) in [6, 6.07) is 18.0. The third-order valence-electron chi connectivity index (χ3n) is 4.23. The quantitative estimate of drug-likeness (QED) is 0.317. The van der Waals surface area contributed by atoms with Crippen LogP contribution >= 0.6 is 22.9 Å². The highest BCUT2D eigenvalue weighted by atomic mass is 35.5. The lowest BCUT2D eigenvalue weighted by Crippen LogP contribution is -2.32. The van der Waals surface area contributed by atoms with Crippen LogP contribution in [0.25, 0.3) is 6.08 Å². The van der Waals surface area contributed by atoms with E-state index < -0.39 is 11.8 Å². The molecule has 8 heteroatoms. The molecule has 3 aromatic rings. The van der Waals surface area contributed by atoms with E-state index in [2.05, 4.69) is 15.8 Å². The number of anilines is 1. The molecule has 0 aliphatic heterocycles. The van der Waals surface area contributed by atoms with Gasteiger partial charge in [0.1, 0.15) is 5.70 Å². The number of nitrogens with one attached hydrogen (secondary N) is 2. The van der Waals surface area contributed by atoms with Gasteiger partial charge in [0.15, 0.2) is 0 Å². The van der Waals surface area contributed by atoms with Crippen molar-refractivity contribution in [3.63, 3.8) is 0 Å². The highest BCUT2D eigenvalue weighted by Crippen LogP contribution is 2.17. The second kappa shape index (κ2) is 10.6. The zero-order chi connectivity index (χ0) is 22.2. The maximum atomic E-state index is 12.7. The van der Waals surface area contributed by atoms with Crippen LogP contribution < -0.4 is 15.6 Å². The highest BCUT2D eigenvalue weighted by molar-refractivity contribution is 7.10. The zero-order valence-electron chi connectivity index (χ0n) is 17.0. The van der Waals surface area contributed by atoms with Crippen LogP contribution in [0.3, 0.4) is 0 Å². The summed E-state index contributed by atoms with van der Waals surface area (Å²) in [5.74, 6) is -1.03. The summed E-state index contributed by atoms with van der Waals surface area (Å²) in [6.45, 7) is 0. The Labute approximate surface area is 189 Å². The minimum Gasteiger partial charge on any atom is -0.378 e. The van der Waals surface area contributed by atoms with Gasteiger partial charge in [0.25, 0.3) is 11.8 Å². The number of rotatable bonds is 7. The number of halogens is 1. The van der Waals surface area contributed by atoms with Crippen molar-refractivity contribution < 1.29 is 9.59 Å². The molecule has 31 heavy (non-hydrogen) atoms. The fourth-order valence-corrected chi connectivity index (χ4v) is 3.47.